The van der Waals surface area contributed by atoms with Crippen molar-refractivity contribution < 1.29 is 9.53 Å². The number of carbonyl (C=O) groups excluding carboxylic acids is 1. The Balaban J connectivity index is 2.42. The number of ether oxygens (including phenoxy) is 1. The van der Waals surface area contributed by atoms with Gasteiger partial charge in [-0.25, -0.2) is 0 Å². The molecule has 1 aliphatic rings. The Kier molecular flexibility index (Phi) is 12.4. The molecule has 0 aliphatic heterocycles. The zero-order chi connectivity index (χ0) is 22.4. The predicted molar refractivity (Wildman–Crippen MR) is 130 cm³/mol. The normalized spacial score (nSPS) is 17.9. The van der Waals surface area contributed by atoms with Crippen molar-refractivity contribution in [3.8, 4) is 0 Å². The van der Waals surface area contributed by atoms with E-state index >= 15 is 0 Å². The quantitative estimate of drug-likeness (QED) is 0.183. The molecule has 0 radical (unpaired) electrons. The molecule has 0 atom stereocenters. The van der Waals surface area contributed by atoms with Gasteiger partial charge in [-0.1, -0.05) is 93.6 Å². The SMILES string of the molecule is CCCCCCCC(=O)OC/C=C(C)/C=C/C=C(C)/C=C/C1=C(C)CCCC1(C)C. The van der Waals surface area contributed by atoms with Crippen LogP contribution in [0.1, 0.15) is 99.3 Å². The van der Waals surface area contributed by atoms with Crippen LogP contribution in [0.15, 0.2) is 58.7 Å². The molecule has 0 heterocycles. The third-order valence-electron chi connectivity index (χ3n) is 5.91. The number of hydrogen-bond donors (Lipinski definition) is 0. The first kappa shape index (κ1) is 26.2. The summed E-state index contributed by atoms with van der Waals surface area (Å²) in [5, 5.41) is 0. The molecule has 0 aromatic carbocycles. The molecule has 0 aromatic rings. The third-order valence-corrected chi connectivity index (χ3v) is 5.91. The van der Waals surface area contributed by atoms with Gasteiger partial charge < -0.3 is 4.74 Å². The monoisotopic (exact) mass is 412 g/mol. The van der Waals surface area contributed by atoms with Gasteiger partial charge in [0, 0.05) is 6.42 Å². The van der Waals surface area contributed by atoms with Crippen LogP contribution in [-0.4, -0.2) is 12.6 Å². The zero-order valence-electron chi connectivity index (χ0n) is 20.4. The minimum absolute atomic E-state index is 0.0874. The number of unbranched alkanes of at least 4 members (excludes halogenated alkanes) is 4. The number of allylic oxidation sites excluding steroid dienone is 9. The lowest BCUT2D eigenvalue weighted by molar-refractivity contribution is -0.142. The van der Waals surface area contributed by atoms with Gasteiger partial charge in [0.1, 0.15) is 6.61 Å². The number of hydrogen-bond acceptors (Lipinski definition) is 2. The van der Waals surface area contributed by atoms with Gasteiger partial charge in [0.05, 0.1) is 0 Å². The topological polar surface area (TPSA) is 26.3 Å². The Labute approximate surface area is 185 Å². The summed E-state index contributed by atoms with van der Waals surface area (Å²) in [6.07, 6.45) is 22.8. The molecule has 0 saturated heterocycles. The van der Waals surface area contributed by atoms with Gasteiger partial charge in [-0.2, -0.15) is 0 Å². The molecular formula is C28H44O2. The van der Waals surface area contributed by atoms with Crippen LogP contribution >= 0.6 is 0 Å². The maximum atomic E-state index is 11.7. The molecular weight excluding hydrogens is 368 g/mol. The molecule has 2 nitrogen and oxygen atoms in total. The molecule has 30 heavy (non-hydrogen) atoms. The van der Waals surface area contributed by atoms with Crippen LogP contribution in [-0.2, 0) is 9.53 Å². The fourth-order valence-electron chi connectivity index (χ4n) is 3.91. The third kappa shape index (κ3) is 10.8. The second-order valence-electron chi connectivity index (χ2n) is 9.33. The highest BCUT2D eigenvalue weighted by molar-refractivity contribution is 5.69. The average Bonchev–Trinajstić information content (AvgIpc) is 2.67. The van der Waals surface area contributed by atoms with Crippen molar-refractivity contribution in [3.63, 3.8) is 0 Å². The van der Waals surface area contributed by atoms with Crippen LogP contribution in [0.3, 0.4) is 0 Å². The highest BCUT2D eigenvalue weighted by Gasteiger charge is 2.26. The largest absolute Gasteiger partial charge is 0.461 e. The fraction of sp³-hybridized carbons (Fsp3) is 0.607. The summed E-state index contributed by atoms with van der Waals surface area (Å²) in [6, 6.07) is 0. The van der Waals surface area contributed by atoms with Crippen molar-refractivity contribution >= 4 is 5.97 Å². The summed E-state index contributed by atoms with van der Waals surface area (Å²) in [5.41, 5.74) is 5.64. The molecule has 2 heteroatoms. The van der Waals surface area contributed by atoms with Crippen molar-refractivity contribution in [2.45, 2.75) is 99.3 Å². The van der Waals surface area contributed by atoms with Crippen LogP contribution in [0.25, 0.3) is 0 Å². The summed E-state index contributed by atoms with van der Waals surface area (Å²) in [7, 11) is 0. The molecule has 0 aromatic heterocycles. The molecule has 168 valence electrons. The first-order valence-electron chi connectivity index (χ1n) is 11.8. The highest BCUT2D eigenvalue weighted by atomic mass is 16.5. The Bertz CT molecular complexity index is 683. The zero-order valence-corrected chi connectivity index (χ0v) is 20.4. The number of rotatable bonds is 12. The Morgan fingerprint density at radius 1 is 1.07 bits per heavy atom. The molecule has 1 rings (SSSR count). The Morgan fingerprint density at radius 2 is 1.80 bits per heavy atom. The molecule has 0 amide bonds. The van der Waals surface area contributed by atoms with Crippen LogP contribution in [0.2, 0.25) is 0 Å². The van der Waals surface area contributed by atoms with E-state index in [9.17, 15) is 4.79 Å². The second kappa shape index (κ2) is 14.2. The Morgan fingerprint density at radius 3 is 2.50 bits per heavy atom. The second-order valence-corrected chi connectivity index (χ2v) is 9.33. The van der Waals surface area contributed by atoms with E-state index < -0.39 is 0 Å². The first-order chi connectivity index (χ1) is 14.3. The molecule has 1 aliphatic carbocycles. The number of carbonyl (C=O) groups is 1. The van der Waals surface area contributed by atoms with Crippen LogP contribution in [0, 0.1) is 5.41 Å². The Hall–Kier alpha value is -1.83. The van der Waals surface area contributed by atoms with Crippen LogP contribution < -0.4 is 0 Å². The number of esters is 1. The average molecular weight is 413 g/mol. The van der Waals surface area contributed by atoms with E-state index in [-0.39, 0.29) is 11.4 Å². The van der Waals surface area contributed by atoms with Gasteiger partial charge in [-0.05, 0) is 63.5 Å². The highest BCUT2D eigenvalue weighted by Crippen LogP contribution is 2.40. The van der Waals surface area contributed by atoms with Crippen molar-refractivity contribution in [2.75, 3.05) is 6.61 Å². The summed E-state index contributed by atoms with van der Waals surface area (Å²) in [4.78, 5) is 11.7. The summed E-state index contributed by atoms with van der Waals surface area (Å²) >= 11 is 0. The van der Waals surface area contributed by atoms with Crippen molar-refractivity contribution in [1.29, 1.82) is 0 Å². The van der Waals surface area contributed by atoms with E-state index in [0.717, 1.165) is 18.4 Å². The maximum Gasteiger partial charge on any atom is 0.306 e. The van der Waals surface area contributed by atoms with Gasteiger partial charge in [-0.3, -0.25) is 4.79 Å². The van der Waals surface area contributed by atoms with Crippen LogP contribution in [0.4, 0.5) is 0 Å². The van der Waals surface area contributed by atoms with Gasteiger partial charge in [0.25, 0.3) is 0 Å². The fourth-order valence-corrected chi connectivity index (χ4v) is 3.91. The minimum Gasteiger partial charge on any atom is -0.461 e. The lowest BCUT2D eigenvalue weighted by atomic mass is 9.72. The predicted octanol–water partition coefficient (Wildman–Crippen LogP) is 8.42. The molecule has 0 bridgehead atoms. The van der Waals surface area contributed by atoms with Crippen molar-refractivity contribution in [1.82, 2.24) is 0 Å². The summed E-state index contributed by atoms with van der Waals surface area (Å²) in [6.45, 7) is 13.7. The molecule has 0 spiro atoms. The van der Waals surface area contributed by atoms with Crippen molar-refractivity contribution in [3.05, 3.63) is 58.7 Å². The summed E-state index contributed by atoms with van der Waals surface area (Å²) in [5.74, 6) is -0.0874. The van der Waals surface area contributed by atoms with E-state index in [1.165, 1.54) is 55.2 Å². The van der Waals surface area contributed by atoms with E-state index in [2.05, 4.69) is 65.0 Å². The van der Waals surface area contributed by atoms with Gasteiger partial charge in [-0.15, -0.1) is 0 Å². The minimum atomic E-state index is -0.0874. The molecule has 0 fully saturated rings. The summed E-state index contributed by atoms with van der Waals surface area (Å²) < 4.78 is 5.30. The molecule has 0 N–H and O–H groups in total. The van der Waals surface area contributed by atoms with Crippen molar-refractivity contribution in [2.24, 2.45) is 5.41 Å². The standard InChI is InChI=1S/C28H44O2/c1-7-8-9-10-11-17-27(29)30-22-20-24(3)15-12-14-23(2)18-19-26-25(4)16-13-21-28(26,5)6/h12,14-15,18-20H,7-11,13,16-17,21-22H2,1-6H3/b15-12+,19-18+,23-14+,24-20+. The lowest BCUT2D eigenvalue weighted by Crippen LogP contribution is -2.19. The first-order valence-corrected chi connectivity index (χ1v) is 11.8. The van der Waals surface area contributed by atoms with Gasteiger partial charge >= 0.3 is 5.97 Å². The van der Waals surface area contributed by atoms with E-state index in [1.807, 2.05) is 13.0 Å². The lowest BCUT2D eigenvalue weighted by Gasteiger charge is -2.32. The van der Waals surface area contributed by atoms with Gasteiger partial charge in [0.2, 0.25) is 0 Å². The van der Waals surface area contributed by atoms with E-state index in [4.69, 9.17) is 4.74 Å². The molecule has 0 saturated carbocycles. The van der Waals surface area contributed by atoms with Gasteiger partial charge in [0.15, 0.2) is 0 Å². The van der Waals surface area contributed by atoms with Crippen LogP contribution in [0.5, 0.6) is 0 Å². The molecule has 0 unspecified atom stereocenters. The van der Waals surface area contributed by atoms with E-state index in [1.54, 1.807) is 0 Å². The van der Waals surface area contributed by atoms with E-state index in [0.29, 0.717) is 13.0 Å². The smallest absolute Gasteiger partial charge is 0.306 e. The maximum absolute atomic E-state index is 11.7.